The number of pyridine rings is 1. The number of fused-ring (bicyclic) bond motifs is 6. The molecule has 6 aliphatic heterocycles. The molecule has 1 saturated carbocycles. The van der Waals surface area contributed by atoms with Gasteiger partial charge in [0.25, 0.3) is 41.3 Å². The number of carbonyl (C=O) groups excluding carboxylic acids is 6. The second-order valence-corrected chi connectivity index (χ2v) is 35.4. The van der Waals surface area contributed by atoms with E-state index >= 15 is 0 Å². The van der Waals surface area contributed by atoms with Crippen LogP contribution in [-0.4, -0.2) is 204 Å². The van der Waals surface area contributed by atoms with Crippen LogP contribution >= 0.6 is 0 Å². The zero-order chi connectivity index (χ0) is 103. The van der Waals surface area contributed by atoms with Gasteiger partial charge in [-0.15, -0.1) is 30.6 Å². The zero-order valence-electron chi connectivity index (χ0n) is 82.0. The van der Waals surface area contributed by atoms with Crippen molar-refractivity contribution < 1.29 is 79.5 Å². The van der Waals surface area contributed by atoms with E-state index in [1.807, 2.05) is 219 Å². The molecule has 0 atom stereocenters. The quantitative estimate of drug-likeness (QED) is 0.0454. The number of alkyl halides is 3. The molecule has 10 aromatic heterocycles. The fourth-order valence-corrected chi connectivity index (χ4v) is 16.8. The van der Waals surface area contributed by atoms with Gasteiger partial charge >= 0.3 is 6.18 Å². The van der Waals surface area contributed by atoms with Gasteiger partial charge in [0.1, 0.15) is 86.2 Å². The zero-order valence-corrected chi connectivity index (χ0v) is 82.0. The number of hydrogen-bond donors (Lipinski definition) is 0. The first-order valence-electron chi connectivity index (χ1n) is 48.5. The number of amides is 6. The van der Waals surface area contributed by atoms with Crippen molar-refractivity contribution in [3.8, 4) is 41.2 Å². The molecule has 0 bridgehead atoms. The molecule has 16 heterocycles. The van der Waals surface area contributed by atoms with E-state index in [-0.39, 0.29) is 72.4 Å². The van der Waals surface area contributed by atoms with Crippen LogP contribution in [0, 0.1) is 32.5 Å². The number of aromatic nitrogens is 19. The van der Waals surface area contributed by atoms with Gasteiger partial charge in [-0.1, -0.05) is 188 Å². The van der Waals surface area contributed by atoms with E-state index in [0.29, 0.717) is 173 Å². The molecule has 1 aliphatic carbocycles. The monoisotopic (exact) mass is 2020 g/mol. The van der Waals surface area contributed by atoms with E-state index in [0.717, 1.165) is 88.3 Å². The number of nitrogens with zero attached hydrogens (tertiary/aromatic N) is 25. The first kappa shape index (κ1) is 101. The Hall–Kier alpha value is -17.9. The average Bonchev–Trinajstić information content (AvgIpc) is 1.68. The second kappa shape index (κ2) is 47.3. The van der Waals surface area contributed by atoms with Crippen molar-refractivity contribution in [2.24, 2.45) is 5.92 Å². The smallest absolute Gasteiger partial charge is 0.406 e. The molecule has 7 aliphatic rings. The standard InChI is InChI=1S/C20H20N4O2.C18H16FN5O2.C18H17N5O3.C18H17N5O2.C18H21N3O2.C15H14F3N3O2/c1-15-7-5-10-18(21-15)23-11-6-12-24-17(20(23)25)13-19(22-24)26-14-16-8-3-2-4-9-16;1-12-14(19)10-20-18(21-12)23-7-8-24-15(17(23)25)9-16(22-24)26-11-13-5-3-2-4-6-13;1-25-17-16(19-7-8-20-17)22-9-10-23-14(18(22)24)11-15(21-23)26-12-13-5-3-2-4-6-13;1-13-10-19-11-16(20-13)22-7-8-23-15(18(22)24)9-17(21-23)25-12-14-5-3-2-4-6-14;22-18-16-11-17(23-13-15-5-2-1-3-6-15)19-21(16)10-4-9-20(18)12-14-7-8-14;16-15(17,18)10-20-6-7-21-12(14(20)22)8-13(19-21)23-9-11-4-2-1-3-5-11/h2-5,7-10,13H,6,11-12,14H2,1H3;2-6,9-10H,7-8,11H2,1H3;2-8,11H,9-10,12H2,1H3;2-6,9-11H,7-8,12H2,1H3;1-3,5-6,11,14H,4,7-10,12-13H2;1-5,8H,6-7,9-10H2. The number of hydrogen-bond acceptors (Lipinski definition) is 26. The summed E-state index contributed by atoms with van der Waals surface area (Å²) in [6.45, 7) is 13.3. The third-order valence-electron chi connectivity index (χ3n) is 24.5. The lowest BCUT2D eigenvalue weighted by atomic mass is 10.2. The lowest BCUT2D eigenvalue weighted by Gasteiger charge is -2.27. The van der Waals surface area contributed by atoms with Crippen LogP contribution in [0.1, 0.15) is 139 Å². The maximum atomic E-state index is 13.4. The lowest BCUT2D eigenvalue weighted by molar-refractivity contribution is -0.141. The van der Waals surface area contributed by atoms with Gasteiger partial charge in [-0.05, 0) is 97.9 Å². The third-order valence-corrected chi connectivity index (χ3v) is 24.5. The largest absolute Gasteiger partial charge is 0.478 e. The van der Waals surface area contributed by atoms with Crippen molar-refractivity contribution in [3.63, 3.8) is 0 Å². The molecule has 6 aromatic carbocycles. The van der Waals surface area contributed by atoms with Gasteiger partial charge in [0.2, 0.25) is 41.2 Å². The second-order valence-electron chi connectivity index (χ2n) is 35.4. The Bertz CT molecular complexity index is 7320. The molecular formula is C107H105F4N25O13. The molecule has 0 unspecified atom stereocenters. The minimum atomic E-state index is -4.41. The van der Waals surface area contributed by atoms with Crippen molar-refractivity contribution in [3.05, 3.63) is 358 Å². The summed E-state index contributed by atoms with van der Waals surface area (Å²) in [6, 6.07) is 74.2. The molecule has 0 radical (unpaired) electrons. The Morgan fingerprint density at radius 1 is 0.336 bits per heavy atom. The normalized spacial score (nSPS) is 14.5. The van der Waals surface area contributed by atoms with Crippen LogP contribution in [0.5, 0.6) is 41.2 Å². The molecule has 16 aromatic rings. The number of aryl methyl sites for hydroxylation is 5. The first-order valence-corrected chi connectivity index (χ1v) is 48.5. The highest BCUT2D eigenvalue weighted by Gasteiger charge is 2.39. The lowest BCUT2D eigenvalue weighted by Crippen LogP contribution is -2.45. The van der Waals surface area contributed by atoms with Crippen LogP contribution in [0.3, 0.4) is 0 Å². The molecule has 0 saturated heterocycles. The van der Waals surface area contributed by atoms with Gasteiger partial charge in [0, 0.05) is 120 Å². The van der Waals surface area contributed by atoms with E-state index in [4.69, 9.17) is 33.2 Å². The Labute approximate surface area is 853 Å². The molecular weight excluding hydrogens is 1920 g/mol. The molecule has 0 spiro atoms. The summed E-state index contributed by atoms with van der Waals surface area (Å²) in [5.74, 6) is 3.51. The number of anilines is 4. The van der Waals surface area contributed by atoms with Crippen LogP contribution in [0.2, 0.25) is 0 Å². The van der Waals surface area contributed by atoms with Crippen molar-refractivity contribution in [2.45, 2.75) is 132 Å². The Morgan fingerprint density at radius 2 is 0.691 bits per heavy atom. The summed E-state index contributed by atoms with van der Waals surface area (Å²) < 4.78 is 100. The highest BCUT2D eigenvalue weighted by molar-refractivity contribution is 6.07. The van der Waals surface area contributed by atoms with E-state index in [1.165, 1.54) is 54.9 Å². The van der Waals surface area contributed by atoms with E-state index in [9.17, 15) is 46.3 Å². The minimum absolute atomic E-state index is 0.0227. The van der Waals surface area contributed by atoms with Gasteiger partial charge in [-0.3, -0.25) is 81.4 Å². The van der Waals surface area contributed by atoms with E-state index in [2.05, 4.69) is 65.5 Å². The number of rotatable bonds is 26. The first-order chi connectivity index (χ1) is 72.5. The summed E-state index contributed by atoms with van der Waals surface area (Å²) in [6.07, 6.45) is 7.27. The Morgan fingerprint density at radius 3 is 1.09 bits per heavy atom. The minimum Gasteiger partial charge on any atom is -0.478 e. The van der Waals surface area contributed by atoms with E-state index in [1.54, 1.807) is 80.8 Å². The van der Waals surface area contributed by atoms with Crippen molar-refractivity contribution in [2.75, 3.05) is 79.1 Å². The van der Waals surface area contributed by atoms with Crippen molar-refractivity contribution in [1.82, 2.24) is 103 Å². The number of benzene rings is 6. The highest BCUT2D eigenvalue weighted by Crippen LogP contribution is 2.35. The molecule has 6 amide bonds. The predicted octanol–water partition coefficient (Wildman–Crippen LogP) is 14.9. The van der Waals surface area contributed by atoms with Gasteiger partial charge in [0.15, 0.2) is 17.5 Å². The summed E-state index contributed by atoms with van der Waals surface area (Å²) in [5.41, 5.74) is 10.7. The number of methoxy groups -OCH3 is 1. The Balaban J connectivity index is 0.000000117. The molecule has 1 fully saturated rings. The maximum Gasteiger partial charge on any atom is 0.406 e. The average molecular weight is 2030 g/mol. The van der Waals surface area contributed by atoms with Gasteiger partial charge < -0.3 is 43.0 Å². The predicted molar refractivity (Wildman–Crippen MR) is 536 cm³/mol. The van der Waals surface area contributed by atoms with Crippen molar-refractivity contribution >= 4 is 58.8 Å². The molecule has 42 heteroatoms. The summed E-state index contributed by atoms with van der Waals surface area (Å²) >= 11 is 0. The highest BCUT2D eigenvalue weighted by atomic mass is 19.4. The fraction of sp³-hybridized carbons (Fsp3) is 0.280. The van der Waals surface area contributed by atoms with Gasteiger partial charge in [-0.25, -0.2) is 34.3 Å². The van der Waals surface area contributed by atoms with Gasteiger partial charge in [0.05, 0.1) is 57.1 Å². The van der Waals surface area contributed by atoms with E-state index < -0.39 is 24.4 Å². The molecule has 23 rings (SSSR count). The summed E-state index contributed by atoms with van der Waals surface area (Å²) in [4.78, 5) is 115. The fourth-order valence-electron chi connectivity index (χ4n) is 16.8. The van der Waals surface area contributed by atoms with Crippen molar-refractivity contribution in [1.29, 1.82) is 0 Å². The number of ether oxygens (including phenoxy) is 7. The van der Waals surface area contributed by atoms with Crippen LogP contribution in [0.4, 0.5) is 41.0 Å². The van der Waals surface area contributed by atoms with Crippen LogP contribution in [0.15, 0.2) is 268 Å². The number of halogens is 4. The van der Waals surface area contributed by atoms with Crippen LogP contribution in [-0.2, 0) is 78.9 Å². The Kier molecular flexibility index (Phi) is 32.1. The SMILES string of the molecule is COc1nccnc1N1CCn2nc(OCc3ccccc3)cc2C1=O.Cc1cccc(N2CCCn3nc(OCc4ccccc4)cc3C2=O)n1.Cc1cncc(N2CCn3nc(OCc4ccccc4)cc3C2=O)n1.Cc1nc(N2CCn3nc(OCc4ccccc4)cc3C2=O)ncc1F.O=C1c2cc(OCc3ccccc3)nn2CCCN1CC1CC1.O=C1c2cc(OCc3ccccc3)nn2CCN1CC(F)(F)F. The number of carbonyl (C=O) groups is 6. The summed E-state index contributed by atoms with van der Waals surface area (Å²) in [7, 11) is 1.50. The van der Waals surface area contributed by atoms with Crippen LogP contribution < -0.4 is 52.8 Å². The van der Waals surface area contributed by atoms with Gasteiger partial charge in [-0.2, -0.15) is 13.2 Å². The van der Waals surface area contributed by atoms with Crippen LogP contribution in [0.25, 0.3) is 0 Å². The molecule has 38 nitrogen and oxygen atoms in total. The topological polar surface area (TPSA) is 384 Å². The molecule has 764 valence electrons. The third kappa shape index (κ3) is 26.1. The molecule has 0 N–H and O–H groups in total. The summed E-state index contributed by atoms with van der Waals surface area (Å²) in [5, 5.41) is 26.1. The maximum absolute atomic E-state index is 13.4. The molecule has 149 heavy (non-hydrogen) atoms.